The van der Waals surface area contributed by atoms with Crippen LogP contribution in [0.5, 0.6) is 0 Å². The minimum Gasteiger partial charge on any atom is -0.481 e. The molecule has 1 aromatic heterocycles. The van der Waals surface area contributed by atoms with Crippen LogP contribution in [0.25, 0.3) is 11.1 Å². The first-order valence-corrected chi connectivity index (χ1v) is 11.0. The number of carbonyl (C=O) groups is 3. The number of hydrogen-bond donors (Lipinski definition) is 2. The highest BCUT2D eigenvalue weighted by atomic mass is 16.5. The zero-order valence-corrected chi connectivity index (χ0v) is 19.0. The molecule has 176 valence electrons. The first-order chi connectivity index (χ1) is 16.4. The third-order valence-electron chi connectivity index (χ3n) is 5.95. The van der Waals surface area contributed by atoms with E-state index in [2.05, 4.69) is 22.5 Å². The molecule has 1 aliphatic carbocycles. The number of aryl methyl sites for hydroxylation is 1. The van der Waals surface area contributed by atoms with Crippen LogP contribution in [0, 0.1) is 0 Å². The molecular formula is C25H26N4O5. The zero-order valence-electron chi connectivity index (χ0n) is 19.0. The van der Waals surface area contributed by atoms with Gasteiger partial charge in [0.15, 0.2) is 0 Å². The molecule has 0 bridgehead atoms. The molecule has 0 atom stereocenters. The highest BCUT2D eigenvalue weighted by Gasteiger charge is 2.29. The molecule has 9 nitrogen and oxygen atoms in total. The van der Waals surface area contributed by atoms with Crippen molar-refractivity contribution in [2.75, 3.05) is 25.5 Å². The molecule has 1 heterocycles. The summed E-state index contributed by atoms with van der Waals surface area (Å²) in [6.07, 6.45) is 0.996. The van der Waals surface area contributed by atoms with E-state index in [1.165, 1.54) is 15.8 Å². The number of amides is 2. The molecule has 2 amide bonds. The Morgan fingerprint density at radius 3 is 2.32 bits per heavy atom. The van der Waals surface area contributed by atoms with E-state index in [0.717, 1.165) is 22.3 Å². The monoisotopic (exact) mass is 462 g/mol. The summed E-state index contributed by atoms with van der Waals surface area (Å²) >= 11 is 0. The van der Waals surface area contributed by atoms with E-state index in [-0.39, 0.29) is 42.8 Å². The number of rotatable bonds is 8. The Bertz CT molecular complexity index is 1190. The molecule has 2 N–H and O–H groups in total. The van der Waals surface area contributed by atoms with Crippen LogP contribution < -0.4 is 5.32 Å². The Hall–Kier alpha value is -4.14. The Morgan fingerprint density at radius 2 is 1.71 bits per heavy atom. The van der Waals surface area contributed by atoms with Gasteiger partial charge in [-0.05, 0) is 28.7 Å². The maximum absolute atomic E-state index is 12.9. The molecule has 0 aliphatic heterocycles. The number of aliphatic carboxylic acids is 1. The number of benzene rings is 2. The van der Waals surface area contributed by atoms with Crippen molar-refractivity contribution in [3.63, 3.8) is 0 Å². The highest BCUT2D eigenvalue weighted by molar-refractivity contribution is 6.01. The summed E-state index contributed by atoms with van der Waals surface area (Å²) in [6, 6.07) is 16.1. The van der Waals surface area contributed by atoms with E-state index in [1.54, 1.807) is 14.1 Å². The van der Waals surface area contributed by atoms with Crippen molar-refractivity contribution < 1.29 is 24.2 Å². The lowest BCUT2D eigenvalue weighted by Gasteiger charge is -2.18. The minimum atomic E-state index is -0.918. The molecule has 1 aliphatic rings. The number of carboxylic acid groups (broad SMARTS) is 1. The minimum absolute atomic E-state index is 0.0339. The van der Waals surface area contributed by atoms with Crippen molar-refractivity contribution in [3.8, 4) is 11.1 Å². The zero-order chi connectivity index (χ0) is 24.2. The molecule has 0 radical (unpaired) electrons. The molecule has 9 heteroatoms. The molecular weight excluding hydrogens is 436 g/mol. The summed E-state index contributed by atoms with van der Waals surface area (Å²) in [5, 5.41) is 15.5. The van der Waals surface area contributed by atoms with Gasteiger partial charge >= 0.3 is 12.1 Å². The van der Waals surface area contributed by atoms with Crippen molar-refractivity contribution in [3.05, 3.63) is 71.5 Å². The van der Waals surface area contributed by atoms with Gasteiger partial charge in [0, 0.05) is 33.0 Å². The molecule has 4 rings (SSSR count). The largest absolute Gasteiger partial charge is 0.481 e. The Labute approximate surface area is 196 Å². The van der Waals surface area contributed by atoms with Crippen LogP contribution in [-0.4, -0.2) is 58.0 Å². The van der Waals surface area contributed by atoms with Gasteiger partial charge in [-0.3, -0.25) is 19.6 Å². The molecule has 3 aromatic rings. The number of carboxylic acids is 1. The fraction of sp³-hybridized carbons (Fsp3) is 0.280. The second-order valence-electron chi connectivity index (χ2n) is 8.21. The number of hydrogen-bond acceptors (Lipinski definition) is 5. The molecule has 0 fully saturated rings. The SMILES string of the molecule is CN(CCCC(=O)O)C(=O)c1c(NC(=O)OCC2c3ccccc3-c3ccccc32)cnn1C. The van der Waals surface area contributed by atoms with Crippen molar-refractivity contribution in [1.29, 1.82) is 0 Å². The molecule has 0 spiro atoms. The van der Waals surface area contributed by atoms with Crippen LogP contribution in [0.2, 0.25) is 0 Å². The van der Waals surface area contributed by atoms with Gasteiger partial charge < -0.3 is 14.7 Å². The molecule has 2 aromatic carbocycles. The van der Waals surface area contributed by atoms with Crippen molar-refractivity contribution >= 4 is 23.7 Å². The van der Waals surface area contributed by atoms with Crippen LogP contribution in [-0.2, 0) is 16.6 Å². The maximum atomic E-state index is 12.9. The van der Waals surface area contributed by atoms with Gasteiger partial charge in [-0.15, -0.1) is 0 Å². The smallest absolute Gasteiger partial charge is 0.411 e. The lowest BCUT2D eigenvalue weighted by atomic mass is 9.98. The second kappa shape index (κ2) is 9.78. The van der Waals surface area contributed by atoms with E-state index in [9.17, 15) is 14.4 Å². The predicted octanol–water partition coefficient (Wildman–Crippen LogP) is 3.72. The number of aromatic nitrogens is 2. The average Bonchev–Trinajstić information content (AvgIpc) is 3.34. The first kappa shape index (κ1) is 23.0. The fourth-order valence-electron chi connectivity index (χ4n) is 4.28. The summed E-state index contributed by atoms with van der Waals surface area (Å²) in [4.78, 5) is 37.6. The van der Waals surface area contributed by atoms with E-state index in [1.807, 2.05) is 36.4 Å². The predicted molar refractivity (Wildman–Crippen MR) is 126 cm³/mol. The number of nitrogens with one attached hydrogen (secondary N) is 1. The number of ether oxygens (including phenoxy) is 1. The van der Waals surface area contributed by atoms with Crippen LogP contribution in [0.3, 0.4) is 0 Å². The van der Waals surface area contributed by atoms with Gasteiger partial charge in [-0.25, -0.2) is 4.79 Å². The van der Waals surface area contributed by atoms with Gasteiger partial charge in [0.25, 0.3) is 5.91 Å². The lowest BCUT2D eigenvalue weighted by Crippen LogP contribution is -2.31. The summed E-state index contributed by atoms with van der Waals surface area (Å²) in [5.41, 5.74) is 4.91. The van der Waals surface area contributed by atoms with E-state index in [0.29, 0.717) is 6.42 Å². The molecule has 0 saturated heterocycles. The quantitative estimate of drug-likeness (QED) is 0.527. The van der Waals surface area contributed by atoms with Gasteiger partial charge in [0.05, 0.1) is 11.9 Å². The van der Waals surface area contributed by atoms with Crippen molar-refractivity contribution in [1.82, 2.24) is 14.7 Å². The molecule has 0 saturated carbocycles. The van der Waals surface area contributed by atoms with E-state index >= 15 is 0 Å². The third-order valence-corrected chi connectivity index (χ3v) is 5.95. The van der Waals surface area contributed by atoms with Gasteiger partial charge in [0.2, 0.25) is 0 Å². The first-order valence-electron chi connectivity index (χ1n) is 11.0. The van der Waals surface area contributed by atoms with Crippen LogP contribution in [0.15, 0.2) is 54.7 Å². The Morgan fingerprint density at radius 1 is 1.09 bits per heavy atom. The Balaban J connectivity index is 1.42. The summed E-state index contributed by atoms with van der Waals surface area (Å²) in [5.74, 6) is -1.37. The Kier molecular flexibility index (Phi) is 6.62. The number of nitrogens with zero attached hydrogens (tertiary/aromatic N) is 3. The highest BCUT2D eigenvalue weighted by Crippen LogP contribution is 2.44. The van der Waals surface area contributed by atoms with E-state index < -0.39 is 12.1 Å². The van der Waals surface area contributed by atoms with Crippen molar-refractivity contribution in [2.24, 2.45) is 7.05 Å². The van der Waals surface area contributed by atoms with Crippen LogP contribution in [0.1, 0.15) is 40.4 Å². The summed E-state index contributed by atoms with van der Waals surface area (Å²) in [7, 11) is 3.18. The fourth-order valence-corrected chi connectivity index (χ4v) is 4.28. The van der Waals surface area contributed by atoms with Gasteiger partial charge in [0.1, 0.15) is 12.3 Å². The van der Waals surface area contributed by atoms with Crippen LogP contribution >= 0.6 is 0 Å². The van der Waals surface area contributed by atoms with Gasteiger partial charge in [-0.2, -0.15) is 5.10 Å². The van der Waals surface area contributed by atoms with E-state index in [4.69, 9.17) is 9.84 Å². The normalized spacial score (nSPS) is 12.1. The number of fused-ring (bicyclic) bond motifs is 3. The second-order valence-corrected chi connectivity index (χ2v) is 8.21. The van der Waals surface area contributed by atoms with Crippen LogP contribution in [0.4, 0.5) is 10.5 Å². The average molecular weight is 463 g/mol. The van der Waals surface area contributed by atoms with Gasteiger partial charge in [-0.1, -0.05) is 48.5 Å². The third kappa shape index (κ3) is 4.63. The topological polar surface area (TPSA) is 114 Å². The summed E-state index contributed by atoms with van der Waals surface area (Å²) < 4.78 is 6.93. The van der Waals surface area contributed by atoms with Crippen molar-refractivity contribution in [2.45, 2.75) is 18.8 Å². The lowest BCUT2D eigenvalue weighted by molar-refractivity contribution is -0.137. The maximum Gasteiger partial charge on any atom is 0.411 e. The standard InChI is InChI=1S/C25H26N4O5/c1-28(13-7-12-22(30)31)24(32)23-21(14-26-29(23)2)27-25(33)34-15-20-18-10-5-3-8-16(18)17-9-4-6-11-19(17)20/h3-6,8-11,14,20H,7,12-13,15H2,1-2H3,(H,27,33)(H,30,31). The number of anilines is 1. The molecule has 34 heavy (non-hydrogen) atoms. The number of carbonyl (C=O) groups excluding carboxylic acids is 2. The molecule has 0 unspecified atom stereocenters. The summed E-state index contributed by atoms with van der Waals surface area (Å²) in [6.45, 7) is 0.416.